The van der Waals surface area contributed by atoms with Gasteiger partial charge >= 0.3 is 0 Å². The number of hydrogen-bond donors (Lipinski definition) is 0. The minimum absolute atomic E-state index is 0.431. The van der Waals surface area contributed by atoms with Gasteiger partial charge < -0.3 is 0 Å². The van der Waals surface area contributed by atoms with Gasteiger partial charge in [-0.25, -0.2) is 0 Å². The minimum Gasteiger partial charge on any atom is -0.0907 e. The Labute approximate surface area is 99.7 Å². The van der Waals surface area contributed by atoms with Crippen molar-refractivity contribution in [3.63, 3.8) is 0 Å². The fourth-order valence-corrected chi connectivity index (χ4v) is 1.86. The Morgan fingerprint density at radius 3 is 2.25 bits per heavy atom. The topological polar surface area (TPSA) is 0 Å². The van der Waals surface area contributed by atoms with Crippen LogP contribution in [-0.2, 0) is 6.42 Å². The van der Waals surface area contributed by atoms with E-state index < -0.39 is 0 Å². The molecule has 0 aliphatic carbocycles. The van der Waals surface area contributed by atoms with Crippen LogP contribution in [0.5, 0.6) is 0 Å². The van der Waals surface area contributed by atoms with E-state index in [1.54, 1.807) is 0 Å². The molecule has 0 N–H and O–H groups in total. The molecule has 1 aromatic rings. The van der Waals surface area contributed by atoms with Crippen molar-refractivity contribution in [1.82, 2.24) is 0 Å². The lowest BCUT2D eigenvalue weighted by molar-refractivity contribution is 0.977. The Morgan fingerprint density at radius 1 is 1.19 bits per heavy atom. The number of benzene rings is 1. The van der Waals surface area contributed by atoms with Crippen LogP contribution in [0.15, 0.2) is 48.1 Å². The first-order valence-corrected chi connectivity index (χ1v) is 6.07. The van der Waals surface area contributed by atoms with Gasteiger partial charge in [0.1, 0.15) is 0 Å². The lowest BCUT2D eigenvalue weighted by atomic mass is 9.90. The Balaban J connectivity index is 3.02. The fraction of sp³-hybridized carbons (Fsp3) is 0.375. The van der Waals surface area contributed by atoms with E-state index in [2.05, 4.69) is 70.2 Å². The lowest BCUT2D eigenvalue weighted by Crippen LogP contribution is -1.97. The zero-order valence-electron chi connectivity index (χ0n) is 10.8. The molecule has 0 heteroatoms. The summed E-state index contributed by atoms with van der Waals surface area (Å²) in [6, 6.07) is 8.95. The quantitative estimate of drug-likeness (QED) is 0.627. The number of aryl methyl sites for hydroxylation is 1. The Hall–Kier alpha value is -1.30. The van der Waals surface area contributed by atoms with E-state index in [1.165, 1.54) is 16.7 Å². The Kier molecular flexibility index (Phi) is 5.04. The summed E-state index contributed by atoms with van der Waals surface area (Å²) >= 11 is 0. The van der Waals surface area contributed by atoms with E-state index in [-0.39, 0.29) is 0 Å². The second-order valence-electron chi connectivity index (χ2n) is 4.13. The molecule has 0 aliphatic rings. The van der Waals surface area contributed by atoms with Crippen LogP contribution in [0.1, 0.15) is 44.7 Å². The zero-order valence-corrected chi connectivity index (χ0v) is 10.8. The van der Waals surface area contributed by atoms with Crippen molar-refractivity contribution in [1.29, 1.82) is 0 Å². The average molecular weight is 214 g/mol. The van der Waals surface area contributed by atoms with E-state index in [9.17, 15) is 0 Å². The van der Waals surface area contributed by atoms with Crippen molar-refractivity contribution in [2.24, 2.45) is 0 Å². The van der Waals surface area contributed by atoms with Gasteiger partial charge in [0.25, 0.3) is 0 Å². The molecule has 1 rings (SSSR count). The van der Waals surface area contributed by atoms with Gasteiger partial charge in [-0.1, -0.05) is 55.0 Å². The highest BCUT2D eigenvalue weighted by Crippen LogP contribution is 2.25. The highest BCUT2D eigenvalue weighted by molar-refractivity contribution is 5.34. The molecule has 0 heterocycles. The summed E-state index contributed by atoms with van der Waals surface area (Å²) < 4.78 is 0. The van der Waals surface area contributed by atoms with Gasteiger partial charge in [0, 0.05) is 5.92 Å². The fourth-order valence-electron chi connectivity index (χ4n) is 1.86. The van der Waals surface area contributed by atoms with E-state index in [4.69, 9.17) is 0 Å². The lowest BCUT2D eigenvalue weighted by Gasteiger charge is -2.14. The number of hydrogen-bond acceptors (Lipinski definition) is 0. The molecule has 0 nitrogen and oxygen atoms in total. The standard InChI is InChI=1S/C16H22/c1-5-8-16(13(4)6-2)15-11-9-14(7-3)10-12-15/h5-6,8-12,16H,7H2,1-4H3/b8-5-,13-6-. The minimum atomic E-state index is 0.431. The molecule has 1 atom stereocenters. The van der Waals surface area contributed by atoms with Crippen LogP contribution >= 0.6 is 0 Å². The number of rotatable bonds is 4. The maximum atomic E-state index is 2.26. The zero-order chi connectivity index (χ0) is 12.0. The van der Waals surface area contributed by atoms with Crippen LogP contribution in [0, 0.1) is 0 Å². The van der Waals surface area contributed by atoms with Gasteiger partial charge in [-0.2, -0.15) is 0 Å². The third-order valence-corrected chi connectivity index (χ3v) is 3.08. The second-order valence-corrected chi connectivity index (χ2v) is 4.13. The van der Waals surface area contributed by atoms with Gasteiger partial charge in [0.15, 0.2) is 0 Å². The number of allylic oxidation sites excluding steroid dienone is 4. The normalized spacial score (nSPS) is 14.4. The maximum absolute atomic E-state index is 2.26. The summed E-state index contributed by atoms with van der Waals surface area (Å²) in [5, 5.41) is 0. The highest BCUT2D eigenvalue weighted by Gasteiger charge is 2.08. The molecule has 0 amide bonds. The van der Waals surface area contributed by atoms with Crippen LogP contribution in [0.4, 0.5) is 0 Å². The molecule has 0 spiro atoms. The van der Waals surface area contributed by atoms with Crippen molar-refractivity contribution < 1.29 is 0 Å². The monoisotopic (exact) mass is 214 g/mol. The Bertz CT molecular complexity index is 366. The molecular weight excluding hydrogens is 192 g/mol. The molecule has 0 aromatic heterocycles. The molecule has 0 aliphatic heterocycles. The molecule has 0 fully saturated rings. The van der Waals surface area contributed by atoms with Crippen LogP contribution in [0.2, 0.25) is 0 Å². The molecule has 1 aromatic carbocycles. The van der Waals surface area contributed by atoms with Gasteiger partial charge in [-0.3, -0.25) is 0 Å². The van der Waals surface area contributed by atoms with Crippen LogP contribution in [0.25, 0.3) is 0 Å². The molecule has 86 valence electrons. The van der Waals surface area contributed by atoms with Gasteiger partial charge in [0.05, 0.1) is 0 Å². The first-order chi connectivity index (χ1) is 7.72. The van der Waals surface area contributed by atoms with Crippen molar-refractivity contribution in [3.05, 3.63) is 59.2 Å². The summed E-state index contributed by atoms with van der Waals surface area (Å²) in [7, 11) is 0. The molecule has 0 saturated heterocycles. The summed E-state index contributed by atoms with van der Waals surface area (Å²) in [6.07, 6.45) is 7.69. The molecule has 16 heavy (non-hydrogen) atoms. The van der Waals surface area contributed by atoms with E-state index in [0.29, 0.717) is 5.92 Å². The largest absolute Gasteiger partial charge is 0.0907 e. The predicted molar refractivity (Wildman–Crippen MR) is 72.8 cm³/mol. The first kappa shape index (κ1) is 12.8. The summed E-state index contributed by atoms with van der Waals surface area (Å²) in [6.45, 7) is 8.57. The van der Waals surface area contributed by atoms with E-state index in [0.717, 1.165) is 6.42 Å². The van der Waals surface area contributed by atoms with Crippen molar-refractivity contribution in [2.75, 3.05) is 0 Å². The third kappa shape index (κ3) is 3.10. The summed E-state index contributed by atoms with van der Waals surface area (Å²) in [4.78, 5) is 0. The summed E-state index contributed by atoms with van der Waals surface area (Å²) in [5.74, 6) is 0.431. The van der Waals surface area contributed by atoms with Gasteiger partial charge in [-0.05, 0) is 38.3 Å². The highest BCUT2D eigenvalue weighted by atomic mass is 14.1. The molecule has 0 bridgehead atoms. The first-order valence-electron chi connectivity index (χ1n) is 6.07. The maximum Gasteiger partial charge on any atom is 0.0225 e. The van der Waals surface area contributed by atoms with Crippen LogP contribution in [0.3, 0.4) is 0 Å². The summed E-state index contributed by atoms with van der Waals surface area (Å²) in [5.41, 5.74) is 4.19. The van der Waals surface area contributed by atoms with Crippen LogP contribution in [-0.4, -0.2) is 0 Å². The second kappa shape index (κ2) is 6.32. The van der Waals surface area contributed by atoms with Crippen LogP contribution < -0.4 is 0 Å². The van der Waals surface area contributed by atoms with E-state index in [1.807, 2.05) is 0 Å². The average Bonchev–Trinajstić information content (AvgIpc) is 2.35. The molecular formula is C16H22. The molecule has 0 radical (unpaired) electrons. The smallest absolute Gasteiger partial charge is 0.0225 e. The van der Waals surface area contributed by atoms with Crippen molar-refractivity contribution in [2.45, 2.75) is 40.0 Å². The van der Waals surface area contributed by atoms with E-state index >= 15 is 0 Å². The Morgan fingerprint density at radius 2 is 1.81 bits per heavy atom. The SMILES string of the molecule is C/C=C\C(/C(C)=C\C)c1ccc(CC)cc1. The van der Waals surface area contributed by atoms with Crippen molar-refractivity contribution in [3.8, 4) is 0 Å². The van der Waals surface area contributed by atoms with Crippen molar-refractivity contribution >= 4 is 0 Å². The molecule has 1 unspecified atom stereocenters. The van der Waals surface area contributed by atoms with Gasteiger partial charge in [-0.15, -0.1) is 0 Å². The molecule has 0 saturated carbocycles. The van der Waals surface area contributed by atoms with Gasteiger partial charge in [0.2, 0.25) is 0 Å². The third-order valence-electron chi connectivity index (χ3n) is 3.08. The predicted octanol–water partition coefficient (Wildman–Crippen LogP) is 4.87.